The zero-order chi connectivity index (χ0) is 15.6. The first-order valence-electron chi connectivity index (χ1n) is 8.52. The molecule has 4 atom stereocenters. The number of hydrogen-bond acceptors (Lipinski definition) is 3. The molecule has 4 heteroatoms. The summed E-state index contributed by atoms with van der Waals surface area (Å²) in [6.07, 6.45) is 4.25. The molecule has 2 rings (SSSR count). The Bertz CT molecular complexity index is 363. The third kappa shape index (κ3) is 4.19. The molecule has 0 radical (unpaired) electrons. The molecule has 0 aromatic heterocycles. The second-order valence-electron chi connectivity index (χ2n) is 8.03. The second-order valence-corrected chi connectivity index (χ2v) is 8.03. The maximum absolute atomic E-state index is 12.5. The fourth-order valence-corrected chi connectivity index (χ4v) is 3.82. The molecule has 122 valence electrons. The van der Waals surface area contributed by atoms with E-state index in [-0.39, 0.29) is 23.3 Å². The van der Waals surface area contributed by atoms with Crippen molar-refractivity contribution in [3.05, 3.63) is 0 Å². The van der Waals surface area contributed by atoms with Crippen molar-refractivity contribution in [1.82, 2.24) is 10.2 Å². The molecule has 1 amide bonds. The predicted molar refractivity (Wildman–Crippen MR) is 86.9 cm³/mol. The highest BCUT2D eigenvalue weighted by molar-refractivity contribution is 5.79. The molecule has 0 aromatic rings. The van der Waals surface area contributed by atoms with Gasteiger partial charge in [-0.25, -0.2) is 0 Å². The van der Waals surface area contributed by atoms with Crippen molar-refractivity contribution in [2.45, 2.75) is 52.5 Å². The van der Waals surface area contributed by atoms with Crippen molar-refractivity contribution in [2.75, 3.05) is 26.7 Å². The van der Waals surface area contributed by atoms with E-state index >= 15 is 0 Å². The third-order valence-electron chi connectivity index (χ3n) is 5.91. The summed E-state index contributed by atoms with van der Waals surface area (Å²) in [6.45, 7) is 9.79. The zero-order valence-corrected chi connectivity index (χ0v) is 14.2. The molecule has 0 bridgehead atoms. The van der Waals surface area contributed by atoms with Crippen molar-refractivity contribution < 1.29 is 4.79 Å². The fourth-order valence-electron chi connectivity index (χ4n) is 3.82. The lowest BCUT2D eigenvalue weighted by molar-refractivity contribution is -0.128. The molecule has 21 heavy (non-hydrogen) atoms. The van der Waals surface area contributed by atoms with Gasteiger partial charge in [0.15, 0.2) is 0 Å². The van der Waals surface area contributed by atoms with E-state index in [0.29, 0.717) is 11.8 Å². The summed E-state index contributed by atoms with van der Waals surface area (Å²) in [5.41, 5.74) is 6.42. The van der Waals surface area contributed by atoms with Gasteiger partial charge in [0.2, 0.25) is 5.91 Å². The van der Waals surface area contributed by atoms with Crippen molar-refractivity contribution in [3.8, 4) is 0 Å². The van der Waals surface area contributed by atoms with Crippen molar-refractivity contribution >= 4 is 5.91 Å². The molecule has 1 aliphatic heterocycles. The van der Waals surface area contributed by atoms with Crippen LogP contribution in [0.4, 0.5) is 0 Å². The molecule has 4 nitrogen and oxygen atoms in total. The summed E-state index contributed by atoms with van der Waals surface area (Å²) in [4.78, 5) is 14.9. The Morgan fingerprint density at radius 1 is 1.24 bits per heavy atom. The SMILES string of the molecule is CC1CC(C)C(C(=O)NCC2(C)CCN(C)CC2)CC1N. The standard InChI is InChI=1S/C17H33N3O/c1-12-9-13(2)15(18)10-14(12)16(21)19-11-17(3)5-7-20(4)8-6-17/h12-15H,5-11,18H2,1-4H3,(H,19,21). The number of carbonyl (C=O) groups excluding carboxylic acids is 1. The molecule has 1 saturated heterocycles. The van der Waals surface area contributed by atoms with Crippen molar-refractivity contribution in [3.63, 3.8) is 0 Å². The van der Waals surface area contributed by atoms with Gasteiger partial charge in [0, 0.05) is 18.5 Å². The van der Waals surface area contributed by atoms with E-state index in [1.165, 1.54) is 12.8 Å². The van der Waals surface area contributed by atoms with Gasteiger partial charge in [-0.3, -0.25) is 4.79 Å². The first-order valence-corrected chi connectivity index (χ1v) is 8.52. The monoisotopic (exact) mass is 295 g/mol. The minimum absolute atomic E-state index is 0.103. The lowest BCUT2D eigenvalue weighted by atomic mass is 9.72. The topological polar surface area (TPSA) is 58.4 Å². The third-order valence-corrected chi connectivity index (χ3v) is 5.91. The predicted octanol–water partition coefficient (Wildman–Crippen LogP) is 1.84. The van der Waals surface area contributed by atoms with Crippen LogP contribution in [0.3, 0.4) is 0 Å². The molecule has 0 spiro atoms. The van der Waals surface area contributed by atoms with Crippen LogP contribution in [-0.2, 0) is 4.79 Å². The highest BCUT2D eigenvalue weighted by atomic mass is 16.1. The quantitative estimate of drug-likeness (QED) is 0.835. The Balaban J connectivity index is 1.84. The van der Waals surface area contributed by atoms with Crippen LogP contribution >= 0.6 is 0 Å². The lowest BCUT2D eigenvalue weighted by Crippen LogP contribution is -2.48. The number of piperidine rings is 1. The van der Waals surface area contributed by atoms with Crippen molar-refractivity contribution in [1.29, 1.82) is 0 Å². The number of nitrogens with one attached hydrogen (secondary N) is 1. The Kier molecular flexibility index (Phi) is 5.31. The smallest absolute Gasteiger partial charge is 0.223 e. The number of rotatable bonds is 3. The fraction of sp³-hybridized carbons (Fsp3) is 0.941. The first-order chi connectivity index (χ1) is 9.81. The number of carbonyl (C=O) groups is 1. The van der Waals surface area contributed by atoms with E-state index in [9.17, 15) is 4.79 Å². The van der Waals surface area contributed by atoms with Gasteiger partial charge in [0.05, 0.1) is 0 Å². The van der Waals surface area contributed by atoms with Crippen LogP contribution in [0.1, 0.15) is 46.5 Å². The van der Waals surface area contributed by atoms with Crippen LogP contribution in [-0.4, -0.2) is 43.5 Å². The molecule has 3 N–H and O–H groups in total. The van der Waals surface area contributed by atoms with Gasteiger partial charge < -0.3 is 16.0 Å². The van der Waals surface area contributed by atoms with Crippen LogP contribution < -0.4 is 11.1 Å². The summed E-state index contributed by atoms with van der Waals surface area (Å²) in [5.74, 6) is 1.32. The minimum Gasteiger partial charge on any atom is -0.355 e. The van der Waals surface area contributed by atoms with E-state index < -0.39 is 0 Å². The Labute approximate surface area is 129 Å². The number of nitrogens with zero attached hydrogens (tertiary/aromatic N) is 1. The van der Waals surface area contributed by atoms with Gasteiger partial charge in [0.25, 0.3) is 0 Å². The van der Waals surface area contributed by atoms with E-state index in [4.69, 9.17) is 5.73 Å². The summed E-state index contributed by atoms with van der Waals surface area (Å²) in [7, 11) is 2.17. The van der Waals surface area contributed by atoms with Gasteiger partial charge in [-0.05, 0) is 63.1 Å². The van der Waals surface area contributed by atoms with Crippen LogP contribution in [0.2, 0.25) is 0 Å². The molecule has 0 aromatic carbocycles. The molecular weight excluding hydrogens is 262 g/mol. The van der Waals surface area contributed by atoms with Gasteiger partial charge in [-0.1, -0.05) is 20.8 Å². The largest absolute Gasteiger partial charge is 0.355 e. The maximum atomic E-state index is 12.5. The Morgan fingerprint density at radius 2 is 1.86 bits per heavy atom. The normalized spacial score (nSPS) is 37.2. The van der Waals surface area contributed by atoms with Crippen LogP contribution in [0.15, 0.2) is 0 Å². The maximum Gasteiger partial charge on any atom is 0.223 e. The molecule has 2 fully saturated rings. The summed E-state index contributed by atoms with van der Waals surface area (Å²) < 4.78 is 0. The van der Waals surface area contributed by atoms with Gasteiger partial charge in [0.1, 0.15) is 0 Å². The van der Waals surface area contributed by atoms with E-state index in [0.717, 1.165) is 32.5 Å². The molecule has 4 unspecified atom stereocenters. The van der Waals surface area contributed by atoms with Gasteiger partial charge in [-0.2, -0.15) is 0 Å². The Hall–Kier alpha value is -0.610. The number of amides is 1. The zero-order valence-electron chi connectivity index (χ0n) is 14.2. The highest BCUT2D eigenvalue weighted by Gasteiger charge is 2.36. The molecule has 1 saturated carbocycles. The summed E-state index contributed by atoms with van der Waals surface area (Å²) >= 11 is 0. The summed E-state index contributed by atoms with van der Waals surface area (Å²) in [6, 6.07) is 0.177. The number of nitrogens with two attached hydrogens (primary N) is 1. The molecule has 1 heterocycles. The molecule has 2 aliphatic rings. The van der Waals surface area contributed by atoms with E-state index in [1.807, 2.05) is 0 Å². The number of hydrogen-bond donors (Lipinski definition) is 2. The Morgan fingerprint density at radius 3 is 2.48 bits per heavy atom. The molecular formula is C17H33N3O. The average Bonchev–Trinajstić information content (AvgIpc) is 2.44. The number of likely N-dealkylation sites (tertiary alicyclic amines) is 1. The van der Waals surface area contributed by atoms with Crippen LogP contribution in [0, 0.1) is 23.2 Å². The van der Waals surface area contributed by atoms with Gasteiger partial charge >= 0.3 is 0 Å². The van der Waals surface area contributed by atoms with E-state index in [2.05, 4.69) is 38.0 Å². The minimum atomic E-state index is 0.103. The first kappa shape index (κ1) is 16.8. The van der Waals surface area contributed by atoms with Crippen molar-refractivity contribution in [2.24, 2.45) is 28.9 Å². The van der Waals surface area contributed by atoms with Crippen LogP contribution in [0.5, 0.6) is 0 Å². The van der Waals surface area contributed by atoms with Crippen LogP contribution in [0.25, 0.3) is 0 Å². The lowest BCUT2D eigenvalue weighted by Gasteiger charge is -2.39. The summed E-state index contributed by atoms with van der Waals surface area (Å²) in [5, 5.41) is 3.23. The highest BCUT2D eigenvalue weighted by Crippen LogP contribution is 2.34. The second kappa shape index (κ2) is 6.66. The average molecular weight is 295 g/mol. The molecule has 1 aliphatic carbocycles. The van der Waals surface area contributed by atoms with E-state index in [1.54, 1.807) is 0 Å². The van der Waals surface area contributed by atoms with Gasteiger partial charge in [-0.15, -0.1) is 0 Å².